The summed E-state index contributed by atoms with van der Waals surface area (Å²) in [5, 5.41) is 14.4. The molecule has 0 saturated carbocycles. The number of nitrogens with zero attached hydrogens (tertiary/aromatic N) is 3. The van der Waals surface area contributed by atoms with Crippen molar-refractivity contribution in [2.24, 2.45) is 0 Å². The van der Waals surface area contributed by atoms with Crippen molar-refractivity contribution in [3.8, 4) is 11.5 Å². The number of fused-ring (bicyclic) bond motifs is 1. The average Bonchev–Trinajstić information content (AvgIpc) is 2.85. The second-order valence-electron chi connectivity index (χ2n) is 3.96. The minimum absolute atomic E-state index is 0.0669. The van der Waals surface area contributed by atoms with Crippen LogP contribution in [0.3, 0.4) is 0 Å². The second-order valence-corrected chi connectivity index (χ2v) is 3.96. The number of carboxylic acids is 1. The average molecular weight is 255 g/mol. The van der Waals surface area contributed by atoms with E-state index >= 15 is 0 Å². The van der Waals surface area contributed by atoms with Gasteiger partial charge in [0.2, 0.25) is 11.7 Å². The van der Waals surface area contributed by atoms with Crippen molar-refractivity contribution in [2.75, 3.05) is 0 Å². The predicted molar refractivity (Wildman–Crippen MR) is 66.4 cm³/mol. The van der Waals surface area contributed by atoms with Gasteiger partial charge < -0.3 is 9.63 Å². The molecule has 2 aromatic heterocycles. The Morgan fingerprint density at radius 2 is 2.11 bits per heavy atom. The van der Waals surface area contributed by atoms with Gasteiger partial charge in [-0.2, -0.15) is 4.98 Å². The third-order valence-electron chi connectivity index (χ3n) is 2.66. The molecule has 3 rings (SSSR count). The Hall–Kier alpha value is -2.76. The lowest BCUT2D eigenvalue weighted by atomic mass is 10.1. The monoisotopic (exact) mass is 255 g/mol. The molecule has 0 aliphatic rings. The van der Waals surface area contributed by atoms with Gasteiger partial charge in [-0.15, -0.1) is 0 Å². The quantitative estimate of drug-likeness (QED) is 0.769. The Morgan fingerprint density at radius 1 is 1.26 bits per heavy atom. The molecule has 3 aromatic rings. The van der Waals surface area contributed by atoms with Crippen LogP contribution in [0.1, 0.15) is 5.89 Å². The van der Waals surface area contributed by atoms with E-state index in [4.69, 9.17) is 9.63 Å². The molecule has 0 amide bonds. The summed E-state index contributed by atoms with van der Waals surface area (Å²) in [6.07, 6.45) is 1.36. The smallest absolute Gasteiger partial charge is 0.312 e. The van der Waals surface area contributed by atoms with Crippen molar-refractivity contribution in [1.29, 1.82) is 0 Å². The first-order valence-corrected chi connectivity index (χ1v) is 5.62. The molecule has 1 aromatic carbocycles. The molecule has 94 valence electrons. The molecule has 2 heterocycles. The molecule has 19 heavy (non-hydrogen) atoms. The van der Waals surface area contributed by atoms with Gasteiger partial charge in [0.15, 0.2) is 0 Å². The fourth-order valence-electron chi connectivity index (χ4n) is 1.85. The molecule has 0 aliphatic heterocycles. The van der Waals surface area contributed by atoms with Crippen molar-refractivity contribution in [2.45, 2.75) is 6.42 Å². The lowest BCUT2D eigenvalue weighted by Gasteiger charge is -2.00. The topological polar surface area (TPSA) is 89.1 Å². The molecule has 0 saturated heterocycles. The van der Waals surface area contributed by atoms with E-state index in [0.717, 1.165) is 10.8 Å². The number of carboxylic acid groups (broad SMARTS) is 1. The van der Waals surface area contributed by atoms with Crippen molar-refractivity contribution in [3.63, 3.8) is 0 Å². The Labute approximate surface area is 107 Å². The first-order valence-electron chi connectivity index (χ1n) is 5.62. The van der Waals surface area contributed by atoms with Gasteiger partial charge in [-0.25, -0.2) is 0 Å². The summed E-state index contributed by atoms with van der Waals surface area (Å²) in [6, 6.07) is 9.57. The summed E-state index contributed by atoms with van der Waals surface area (Å²) in [6.45, 7) is 0. The summed E-state index contributed by atoms with van der Waals surface area (Å²) in [5.41, 5.74) is 0.582. The van der Waals surface area contributed by atoms with E-state index in [2.05, 4.69) is 15.1 Å². The SMILES string of the molecule is O=C(O)Cc1nc(-c2nccc3ccccc23)no1. The molecular weight excluding hydrogens is 246 g/mol. The van der Waals surface area contributed by atoms with Crippen LogP contribution in [0.2, 0.25) is 0 Å². The van der Waals surface area contributed by atoms with Crippen LogP contribution in [0.25, 0.3) is 22.3 Å². The zero-order chi connectivity index (χ0) is 13.2. The minimum Gasteiger partial charge on any atom is -0.481 e. The number of carbonyl (C=O) groups is 1. The van der Waals surface area contributed by atoms with Gasteiger partial charge >= 0.3 is 5.97 Å². The van der Waals surface area contributed by atoms with Gasteiger partial charge in [0.25, 0.3) is 0 Å². The number of hydrogen-bond donors (Lipinski definition) is 1. The van der Waals surface area contributed by atoms with Gasteiger partial charge in [-0.1, -0.05) is 29.4 Å². The maximum atomic E-state index is 10.6. The van der Waals surface area contributed by atoms with Crippen LogP contribution < -0.4 is 0 Å². The van der Waals surface area contributed by atoms with Gasteiger partial charge in [0.05, 0.1) is 0 Å². The van der Waals surface area contributed by atoms with E-state index in [1.165, 1.54) is 0 Å². The van der Waals surface area contributed by atoms with Gasteiger partial charge in [-0.05, 0) is 11.5 Å². The van der Waals surface area contributed by atoms with E-state index in [1.54, 1.807) is 6.20 Å². The van der Waals surface area contributed by atoms with Crippen molar-refractivity contribution in [1.82, 2.24) is 15.1 Å². The van der Waals surface area contributed by atoms with Crippen LogP contribution in [0.15, 0.2) is 41.1 Å². The third kappa shape index (κ3) is 2.15. The van der Waals surface area contributed by atoms with Crippen LogP contribution >= 0.6 is 0 Å². The Kier molecular flexibility index (Phi) is 2.68. The van der Waals surface area contributed by atoms with Crippen LogP contribution in [-0.4, -0.2) is 26.2 Å². The highest BCUT2D eigenvalue weighted by molar-refractivity contribution is 5.92. The largest absolute Gasteiger partial charge is 0.481 e. The molecular formula is C13H9N3O3. The maximum Gasteiger partial charge on any atom is 0.312 e. The maximum absolute atomic E-state index is 10.6. The highest BCUT2D eigenvalue weighted by Crippen LogP contribution is 2.23. The summed E-state index contributed by atoms with van der Waals surface area (Å²) in [7, 11) is 0. The van der Waals surface area contributed by atoms with E-state index in [1.807, 2.05) is 30.3 Å². The molecule has 6 nitrogen and oxygen atoms in total. The van der Waals surface area contributed by atoms with Crippen LogP contribution in [-0.2, 0) is 11.2 Å². The molecule has 0 spiro atoms. The molecule has 0 fully saturated rings. The first-order chi connectivity index (χ1) is 9.24. The lowest BCUT2D eigenvalue weighted by Crippen LogP contribution is -2.00. The fourth-order valence-corrected chi connectivity index (χ4v) is 1.85. The van der Waals surface area contributed by atoms with Crippen molar-refractivity contribution >= 4 is 16.7 Å². The fraction of sp³-hybridized carbons (Fsp3) is 0.0769. The van der Waals surface area contributed by atoms with E-state index in [-0.39, 0.29) is 12.3 Å². The van der Waals surface area contributed by atoms with E-state index in [0.29, 0.717) is 11.5 Å². The highest BCUT2D eigenvalue weighted by Gasteiger charge is 2.14. The van der Waals surface area contributed by atoms with Crippen LogP contribution in [0.5, 0.6) is 0 Å². The number of pyridine rings is 1. The number of aromatic nitrogens is 3. The summed E-state index contributed by atoms with van der Waals surface area (Å²) < 4.78 is 4.90. The zero-order valence-corrected chi connectivity index (χ0v) is 9.78. The Bertz CT molecular complexity index is 746. The minimum atomic E-state index is -1.01. The number of rotatable bonds is 3. The van der Waals surface area contributed by atoms with Gasteiger partial charge in [-0.3, -0.25) is 9.78 Å². The molecule has 0 aliphatic carbocycles. The second kappa shape index (κ2) is 4.49. The summed E-state index contributed by atoms with van der Waals surface area (Å²) in [5.74, 6) is -0.647. The van der Waals surface area contributed by atoms with E-state index < -0.39 is 5.97 Å². The molecule has 0 bridgehead atoms. The van der Waals surface area contributed by atoms with E-state index in [9.17, 15) is 4.79 Å². The highest BCUT2D eigenvalue weighted by atomic mass is 16.5. The standard InChI is InChI=1S/C13H9N3O3/c17-11(18)7-10-15-13(16-19-10)12-9-4-2-1-3-8(9)5-6-14-12/h1-6H,7H2,(H,17,18). The molecule has 0 atom stereocenters. The molecule has 1 N–H and O–H groups in total. The number of aliphatic carboxylic acids is 1. The summed E-state index contributed by atoms with van der Waals surface area (Å²) >= 11 is 0. The number of hydrogen-bond acceptors (Lipinski definition) is 5. The zero-order valence-electron chi connectivity index (χ0n) is 9.78. The normalized spacial score (nSPS) is 10.7. The summed E-state index contributed by atoms with van der Waals surface area (Å²) in [4.78, 5) is 18.9. The lowest BCUT2D eigenvalue weighted by molar-refractivity contribution is -0.136. The third-order valence-corrected chi connectivity index (χ3v) is 2.66. The Morgan fingerprint density at radius 3 is 2.95 bits per heavy atom. The molecule has 0 radical (unpaired) electrons. The molecule has 6 heteroatoms. The Balaban J connectivity index is 2.09. The first kappa shape index (κ1) is 11.3. The van der Waals surface area contributed by atoms with Crippen molar-refractivity contribution in [3.05, 3.63) is 42.4 Å². The van der Waals surface area contributed by atoms with Crippen LogP contribution in [0, 0.1) is 0 Å². The van der Waals surface area contributed by atoms with Crippen molar-refractivity contribution < 1.29 is 14.4 Å². The molecule has 0 unspecified atom stereocenters. The van der Waals surface area contributed by atoms with Gasteiger partial charge in [0, 0.05) is 11.6 Å². The van der Waals surface area contributed by atoms with Gasteiger partial charge in [0.1, 0.15) is 12.1 Å². The predicted octanol–water partition coefficient (Wildman–Crippen LogP) is 1.91. The van der Waals surface area contributed by atoms with Crippen LogP contribution in [0.4, 0.5) is 0 Å². The number of benzene rings is 1.